The SMILES string of the molecule is F[B-](F)(F)CN(CC1CC1)C1CC1. The van der Waals surface area contributed by atoms with Gasteiger partial charge in [-0.15, -0.1) is 0 Å². The van der Waals surface area contributed by atoms with Gasteiger partial charge in [-0.25, -0.2) is 0 Å². The van der Waals surface area contributed by atoms with E-state index in [1.165, 1.54) is 0 Å². The topological polar surface area (TPSA) is 3.24 Å². The highest BCUT2D eigenvalue weighted by molar-refractivity contribution is 6.58. The fourth-order valence-corrected chi connectivity index (χ4v) is 1.71. The van der Waals surface area contributed by atoms with Crippen molar-refractivity contribution in [2.75, 3.05) is 13.0 Å². The third-order valence-electron chi connectivity index (χ3n) is 2.69. The zero-order chi connectivity index (χ0) is 9.47. The van der Waals surface area contributed by atoms with Crippen LogP contribution >= 0.6 is 0 Å². The van der Waals surface area contributed by atoms with Crippen LogP contribution in [0.15, 0.2) is 0 Å². The molecular formula is C8H14BF3N-. The molecule has 0 amide bonds. The Balaban J connectivity index is 1.81. The number of nitrogens with zero attached hydrogens (tertiary/aromatic N) is 1. The summed E-state index contributed by atoms with van der Waals surface area (Å²) in [6.07, 6.45) is 3.57. The summed E-state index contributed by atoms with van der Waals surface area (Å²) in [5, 5.41) is 0. The number of hydrogen-bond donors (Lipinski definition) is 0. The van der Waals surface area contributed by atoms with E-state index in [1.54, 1.807) is 4.90 Å². The van der Waals surface area contributed by atoms with Gasteiger partial charge in [0, 0.05) is 6.04 Å². The Morgan fingerprint density at radius 2 is 1.69 bits per heavy atom. The average Bonchev–Trinajstić information content (AvgIpc) is 2.80. The first-order valence-electron chi connectivity index (χ1n) is 4.99. The maximum atomic E-state index is 12.2. The van der Waals surface area contributed by atoms with E-state index in [-0.39, 0.29) is 6.04 Å². The van der Waals surface area contributed by atoms with E-state index >= 15 is 0 Å². The average molecular weight is 192 g/mol. The molecule has 0 heterocycles. The van der Waals surface area contributed by atoms with Gasteiger partial charge in [0.05, 0.1) is 0 Å². The summed E-state index contributed by atoms with van der Waals surface area (Å²) in [6, 6.07) is 0.254. The molecule has 0 aromatic rings. The second kappa shape index (κ2) is 3.19. The van der Waals surface area contributed by atoms with Gasteiger partial charge in [0.2, 0.25) is 0 Å². The van der Waals surface area contributed by atoms with Crippen molar-refractivity contribution in [2.24, 2.45) is 5.92 Å². The molecule has 0 aromatic carbocycles. The van der Waals surface area contributed by atoms with Gasteiger partial charge in [-0.3, -0.25) is 0 Å². The Morgan fingerprint density at radius 3 is 2.08 bits per heavy atom. The van der Waals surface area contributed by atoms with Crippen LogP contribution in [0.1, 0.15) is 25.7 Å². The molecule has 2 rings (SSSR count). The first kappa shape index (κ1) is 9.37. The lowest BCUT2D eigenvalue weighted by Crippen LogP contribution is -2.40. The normalized spacial score (nSPS) is 24.0. The van der Waals surface area contributed by atoms with E-state index < -0.39 is 13.4 Å². The van der Waals surface area contributed by atoms with Crippen molar-refractivity contribution in [3.8, 4) is 0 Å². The van der Waals surface area contributed by atoms with Crippen LogP contribution in [-0.4, -0.2) is 30.9 Å². The van der Waals surface area contributed by atoms with Crippen LogP contribution in [-0.2, 0) is 0 Å². The molecule has 0 N–H and O–H groups in total. The molecule has 2 fully saturated rings. The summed E-state index contributed by atoms with van der Waals surface area (Å²) in [4.78, 5) is 1.65. The van der Waals surface area contributed by atoms with E-state index in [2.05, 4.69) is 0 Å². The van der Waals surface area contributed by atoms with E-state index in [1.807, 2.05) is 0 Å². The van der Waals surface area contributed by atoms with E-state index in [0.717, 1.165) is 25.7 Å². The van der Waals surface area contributed by atoms with Crippen molar-refractivity contribution < 1.29 is 12.9 Å². The van der Waals surface area contributed by atoms with Gasteiger partial charge < -0.3 is 17.8 Å². The Morgan fingerprint density at radius 1 is 1.08 bits per heavy atom. The second-order valence-electron chi connectivity index (χ2n) is 4.34. The predicted octanol–water partition coefficient (Wildman–Crippen LogP) is 2.25. The summed E-state index contributed by atoms with van der Waals surface area (Å²) in [6.45, 7) is -3.93. The zero-order valence-electron chi connectivity index (χ0n) is 7.56. The van der Waals surface area contributed by atoms with Gasteiger partial charge in [0.25, 0.3) is 0 Å². The van der Waals surface area contributed by atoms with Crippen LogP contribution in [0.2, 0.25) is 0 Å². The van der Waals surface area contributed by atoms with Crippen molar-refractivity contribution in [3.05, 3.63) is 0 Å². The van der Waals surface area contributed by atoms with Gasteiger partial charge in [-0.2, -0.15) is 0 Å². The van der Waals surface area contributed by atoms with Gasteiger partial charge >= 0.3 is 6.98 Å². The van der Waals surface area contributed by atoms with Crippen LogP contribution < -0.4 is 0 Å². The number of hydrogen-bond acceptors (Lipinski definition) is 1. The molecule has 0 aromatic heterocycles. The van der Waals surface area contributed by atoms with Gasteiger partial charge in [-0.05, 0) is 44.6 Å². The molecule has 0 unspecified atom stereocenters. The molecule has 13 heavy (non-hydrogen) atoms. The lowest BCUT2D eigenvalue weighted by Gasteiger charge is -2.27. The molecule has 5 heteroatoms. The highest BCUT2D eigenvalue weighted by Crippen LogP contribution is 2.35. The Kier molecular flexibility index (Phi) is 2.30. The molecule has 2 aliphatic rings. The minimum Gasteiger partial charge on any atom is -0.448 e. The summed E-state index contributed by atoms with van der Waals surface area (Å²) < 4.78 is 36.6. The smallest absolute Gasteiger partial charge is 0.448 e. The Labute approximate surface area is 76.3 Å². The highest BCUT2D eigenvalue weighted by Gasteiger charge is 2.37. The molecule has 2 aliphatic carbocycles. The summed E-state index contributed by atoms with van der Waals surface area (Å²) >= 11 is 0. The molecule has 2 saturated carbocycles. The van der Waals surface area contributed by atoms with Gasteiger partial charge in [-0.1, -0.05) is 0 Å². The molecule has 0 radical (unpaired) electrons. The van der Waals surface area contributed by atoms with Gasteiger partial charge in [0.15, 0.2) is 0 Å². The fourth-order valence-electron chi connectivity index (χ4n) is 1.71. The van der Waals surface area contributed by atoms with Crippen molar-refractivity contribution in [2.45, 2.75) is 31.7 Å². The van der Waals surface area contributed by atoms with Crippen LogP contribution in [0, 0.1) is 5.92 Å². The minimum absolute atomic E-state index is 0.254. The van der Waals surface area contributed by atoms with Gasteiger partial charge in [0.1, 0.15) is 0 Å². The van der Waals surface area contributed by atoms with Crippen molar-refractivity contribution in [3.63, 3.8) is 0 Å². The summed E-state index contributed by atoms with van der Waals surface area (Å²) in [7, 11) is 0. The third kappa shape index (κ3) is 3.22. The molecule has 0 spiro atoms. The van der Waals surface area contributed by atoms with Crippen LogP contribution in [0.3, 0.4) is 0 Å². The number of rotatable bonds is 5. The monoisotopic (exact) mass is 192 g/mol. The lowest BCUT2D eigenvalue weighted by atomic mass is 9.91. The first-order valence-corrected chi connectivity index (χ1v) is 4.99. The fraction of sp³-hybridized carbons (Fsp3) is 1.00. The third-order valence-corrected chi connectivity index (χ3v) is 2.69. The van der Waals surface area contributed by atoms with E-state index in [4.69, 9.17) is 0 Å². The maximum absolute atomic E-state index is 12.2. The van der Waals surface area contributed by atoms with Crippen LogP contribution in [0.4, 0.5) is 12.9 Å². The molecule has 0 aliphatic heterocycles. The largest absolute Gasteiger partial charge is 0.492 e. The van der Waals surface area contributed by atoms with Crippen molar-refractivity contribution >= 4 is 6.98 Å². The molecule has 0 atom stereocenters. The molecule has 0 bridgehead atoms. The van der Waals surface area contributed by atoms with Crippen LogP contribution in [0.5, 0.6) is 0 Å². The van der Waals surface area contributed by atoms with E-state index in [9.17, 15) is 12.9 Å². The highest BCUT2D eigenvalue weighted by atomic mass is 19.4. The van der Waals surface area contributed by atoms with Crippen LogP contribution in [0.25, 0.3) is 0 Å². The van der Waals surface area contributed by atoms with Crippen molar-refractivity contribution in [1.29, 1.82) is 0 Å². The second-order valence-corrected chi connectivity index (χ2v) is 4.34. The maximum Gasteiger partial charge on any atom is 0.492 e. The summed E-state index contributed by atoms with van der Waals surface area (Å²) in [5.74, 6) is 0.568. The predicted molar refractivity (Wildman–Crippen MR) is 46.4 cm³/mol. The number of halogens is 3. The lowest BCUT2D eigenvalue weighted by molar-refractivity contribution is 0.259. The Hall–Kier alpha value is -0.185. The minimum atomic E-state index is -4.62. The molecular weight excluding hydrogens is 178 g/mol. The van der Waals surface area contributed by atoms with Crippen molar-refractivity contribution in [1.82, 2.24) is 4.90 Å². The standard InChI is InChI=1S/C8H14BF3N/c10-9(11,12)6-13(8-3-4-8)5-7-1-2-7/h7-8H,1-6H2/q-1. The Bertz CT molecular complexity index is 186. The molecule has 0 saturated heterocycles. The quantitative estimate of drug-likeness (QED) is 0.603. The molecule has 1 nitrogen and oxygen atoms in total. The molecule has 76 valence electrons. The first-order chi connectivity index (χ1) is 6.04. The summed E-state index contributed by atoms with van der Waals surface area (Å²) in [5.41, 5.74) is 0. The van der Waals surface area contributed by atoms with E-state index in [0.29, 0.717) is 12.5 Å². The zero-order valence-corrected chi connectivity index (χ0v) is 7.56.